The predicted octanol–water partition coefficient (Wildman–Crippen LogP) is 4.56. The first-order chi connectivity index (χ1) is 17.7. The van der Waals surface area contributed by atoms with Gasteiger partial charge in [0.25, 0.3) is 0 Å². The van der Waals surface area contributed by atoms with Gasteiger partial charge in [0.2, 0.25) is 5.91 Å². The van der Waals surface area contributed by atoms with Crippen molar-refractivity contribution >= 4 is 11.6 Å². The van der Waals surface area contributed by atoms with E-state index in [-0.39, 0.29) is 30.0 Å². The van der Waals surface area contributed by atoms with Crippen molar-refractivity contribution < 1.29 is 27.1 Å². The molecule has 5 rings (SSSR count). The second-order valence-electron chi connectivity index (χ2n) is 10.6. The smallest absolute Gasteiger partial charge is 0.227 e. The number of piperazine rings is 1. The summed E-state index contributed by atoms with van der Waals surface area (Å²) >= 11 is 0. The van der Waals surface area contributed by atoms with Gasteiger partial charge in [-0.1, -0.05) is 6.07 Å². The summed E-state index contributed by atoms with van der Waals surface area (Å²) in [7, 11) is 0. The molecule has 0 saturated carbocycles. The minimum absolute atomic E-state index is 0.0491. The van der Waals surface area contributed by atoms with Crippen molar-refractivity contribution in [3.63, 3.8) is 0 Å². The lowest BCUT2D eigenvalue weighted by atomic mass is 9.87. The number of hydrogen-bond acceptors (Lipinski definition) is 4. The first kappa shape index (κ1) is 26.0. The number of amides is 1. The van der Waals surface area contributed by atoms with Crippen molar-refractivity contribution in [1.29, 1.82) is 0 Å². The van der Waals surface area contributed by atoms with Crippen LogP contribution in [-0.4, -0.2) is 73.2 Å². The van der Waals surface area contributed by atoms with Gasteiger partial charge in [-0.15, -0.1) is 0 Å². The second-order valence-corrected chi connectivity index (χ2v) is 10.6. The third-order valence-electron chi connectivity index (χ3n) is 8.17. The molecule has 3 aliphatic heterocycles. The van der Waals surface area contributed by atoms with Crippen molar-refractivity contribution in [2.75, 3.05) is 44.3 Å². The number of halogens is 4. The molecule has 0 N–H and O–H groups in total. The fourth-order valence-corrected chi connectivity index (χ4v) is 6.44. The number of carbonyl (C=O) groups excluding carboxylic acids is 1. The molecule has 0 radical (unpaired) electrons. The van der Waals surface area contributed by atoms with E-state index < -0.39 is 29.2 Å². The van der Waals surface area contributed by atoms with E-state index in [0.29, 0.717) is 50.6 Å². The van der Waals surface area contributed by atoms with Crippen LogP contribution in [0.4, 0.5) is 23.2 Å². The van der Waals surface area contributed by atoms with E-state index in [4.69, 9.17) is 4.74 Å². The average Bonchev–Trinajstić information content (AvgIpc) is 3.31. The largest absolute Gasteiger partial charge is 0.381 e. The first-order valence-corrected chi connectivity index (χ1v) is 13.0. The van der Waals surface area contributed by atoms with Crippen LogP contribution in [0.2, 0.25) is 0 Å². The van der Waals surface area contributed by atoms with Crippen molar-refractivity contribution in [3.05, 3.63) is 65.2 Å². The lowest BCUT2D eigenvalue weighted by molar-refractivity contribution is -0.137. The summed E-state index contributed by atoms with van der Waals surface area (Å²) in [5, 5.41) is 0. The lowest BCUT2D eigenvalue weighted by Gasteiger charge is -2.46. The van der Waals surface area contributed by atoms with E-state index in [1.54, 1.807) is 6.07 Å². The molecule has 0 spiro atoms. The summed E-state index contributed by atoms with van der Waals surface area (Å²) in [5.74, 6) is -3.96. The van der Waals surface area contributed by atoms with Crippen LogP contribution in [0.15, 0.2) is 36.4 Å². The van der Waals surface area contributed by atoms with Crippen LogP contribution in [0.1, 0.15) is 38.2 Å². The molecule has 3 heterocycles. The number of hydrogen-bond donors (Lipinski definition) is 0. The van der Waals surface area contributed by atoms with Crippen molar-refractivity contribution in [2.45, 2.75) is 50.7 Å². The van der Waals surface area contributed by atoms with Gasteiger partial charge in [0, 0.05) is 81.3 Å². The molecule has 3 saturated heterocycles. The highest BCUT2D eigenvalue weighted by Gasteiger charge is 2.45. The van der Waals surface area contributed by atoms with E-state index in [0.717, 1.165) is 25.0 Å². The highest BCUT2D eigenvalue weighted by Crippen LogP contribution is 2.38. The third kappa shape index (κ3) is 5.21. The van der Waals surface area contributed by atoms with E-state index in [1.807, 2.05) is 23.6 Å². The van der Waals surface area contributed by atoms with E-state index in [2.05, 4.69) is 4.90 Å². The molecule has 0 bridgehead atoms. The molecule has 0 unspecified atom stereocenters. The summed E-state index contributed by atoms with van der Waals surface area (Å²) in [6, 6.07) is 7.47. The Bertz CT molecular complexity index is 1130. The minimum Gasteiger partial charge on any atom is -0.381 e. The Kier molecular flexibility index (Phi) is 7.45. The van der Waals surface area contributed by atoms with Gasteiger partial charge < -0.3 is 14.5 Å². The predicted molar refractivity (Wildman–Crippen MR) is 132 cm³/mol. The van der Waals surface area contributed by atoms with Crippen LogP contribution in [0.3, 0.4) is 0 Å². The quantitative estimate of drug-likeness (QED) is 0.555. The number of nitrogens with zero attached hydrogens (tertiary/aromatic N) is 3. The van der Waals surface area contributed by atoms with Gasteiger partial charge in [-0.2, -0.15) is 0 Å². The van der Waals surface area contributed by atoms with Gasteiger partial charge in [0.15, 0.2) is 11.6 Å². The van der Waals surface area contributed by atoms with Gasteiger partial charge in [-0.25, -0.2) is 17.6 Å². The van der Waals surface area contributed by atoms with E-state index in [1.165, 1.54) is 18.2 Å². The standard InChI is InChI=1S/C28H33F4N3O2/c1-17-13-34(14-18(2)35(17)21-4-6-25(30)27(32)12-21)28(36)24-16-33(20-7-9-37-10-8-20)15-23(24)22-5-3-19(29)11-26(22)31/h3-6,11-12,17-18,20,23-24H,7-10,13-16H2,1-2H3/t17-,18+,23-,24+/m0/s1. The van der Waals surface area contributed by atoms with Crippen LogP contribution in [-0.2, 0) is 9.53 Å². The van der Waals surface area contributed by atoms with E-state index >= 15 is 0 Å². The van der Waals surface area contributed by atoms with Gasteiger partial charge >= 0.3 is 0 Å². The molecule has 3 fully saturated rings. The number of ether oxygens (including phenoxy) is 1. The zero-order valence-electron chi connectivity index (χ0n) is 21.2. The molecule has 200 valence electrons. The number of carbonyl (C=O) groups is 1. The van der Waals surface area contributed by atoms with Crippen molar-refractivity contribution in [3.8, 4) is 0 Å². The van der Waals surface area contributed by atoms with E-state index in [9.17, 15) is 22.4 Å². The molecular formula is C28H33F4N3O2. The zero-order chi connectivity index (χ0) is 26.3. The summed E-state index contributed by atoms with van der Waals surface area (Å²) in [6.45, 7) is 7.10. The summed E-state index contributed by atoms with van der Waals surface area (Å²) in [4.78, 5) is 20.1. The summed E-state index contributed by atoms with van der Waals surface area (Å²) < 4.78 is 61.5. The van der Waals surface area contributed by atoms with Crippen LogP contribution in [0, 0.1) is 29.2 Å². The van der Waals surface area contributed by atoms with Crippen molar-refractivity contribution in [2.24, 2.45) is 5.92 Å². The van der Waals surface area contributed by atoms with Crippen LogP contribution >= 0.6 is 0 Å². The number of rotatable bonds is 4. The molecule has 9 heteroatoms. The van der Waals surface area contributed by atoms with Crippen molar-refractivity contribution in [1.82, 2.24) is 9.80 Å². The lowest BCUT2D eigenvalue weighted by Crippen LogP contribution is -2.59. The van der Waals surface area contributed by atoms with Crippen LogP contribution in [0.5, 0.6) is 0 Å². The zero-order valence-corrected chi connectivity index (χ0v) is 21.2. The molecule has 3 aliphatic rings. The Balaban J connectivity index is 1.37. The van der Waals surface area contributed by atoms with Crippen LogP contribution < -0.4 is 4.90 Å². The molecule has 1 amide bonds. The first-order valence-electron chi connectivity index (χ1n) is 13.0. The Hall–Kier alpha value is -2.65. The van der Waals surface area contributed by atoms with Gasteiger partial charge in [-0.3, -0.25) is 9.69 Å². The average molecular weight is 520 g/mol. The molecule has 4 atom stereocenters. The third-order valence-corrected chi connectivity index (χ3v) is 8.17. The number of benzene rings is 2. The number of anilines is 1. The summed E-state index contributed by atoms with van der Waals surface area (Å²) in [6.07, 6.45) is 1.72. The highest BCUT2D eigenvalue weighted by molar-refractivity contribution is 5.81. The molecule has 2 aromatic carbocycles. The molecule has 5 nitrogen and oxygen atoms in total. The van der Waals surface area contributed by atoms with Gasteiger partial charge in [-0.05, 0) is 50.5 Å². The Morgan fingerprint density at radius 3 is 2.19 bits per heavy atom. The topological polar surface area (TPSA) is 36.0 Å². The molecule has 2 aromatic rings. The molecule has 0 aliphatic carbocycles. The fourth-order valence-electron chi connectivity index (χ4n) is 6.44. The molecular weight excluding hydrogens is 486 g/mol. The second kappa shape index (κ2) is 10.6. The molecule has 0 aromatic heterocycles. The van der Waals surface area contributed by atoms with Gasteiger partial charge in [0.05, 0.1) is 5.92 Å². The highest BCUT2D eigenvalue weighted by atomic mass is 19.2. The molecule has 37 heavy (non-hydrogen) atoms. The Morgan fingerprint density at radius 2 is 1.54 bits per heavy atom. The SMILES string of the molecule is C[C@@H]1CN(C(=O)[C@@H]2CN(C3CCOCC3)C[C@H]2c2ccc(F)cc2F)C[C@H](C)N1c1ccc(F)c(F)c1. The Morgan fingerprint density at radius 1 is 0.838 bits per heavy atom. The minimum atomic E-state index is -0.904. The maximum absolute atomic E-state index is 14.9. The van der Waals surface area contributed by atoms with Crippen LogP contribution in [0.25, 0.3) is 0 Å². The summed E-state index contributed by atoms with van der Waals surface area (Å²) in [5.41, 5.74) is 0.944. The van der Waals surface area contributed by atoms with Gasteiger partial charge in [0.1, 0.15) is 11.6 Å². The maximum Gasteiger partial charge on any atom is 0.227 e. The monoisotopic (exact) mass is 519 g/mol. The normalized spacial score (nSPS) is 27.6. The fraction of sp³-hybridized carbons (Fsp3) is 0.536. The number of likely N-dealkylation sites (tertiary alicyclic amines) is 1. The Labute approximate surface area is 215 Å². The maximum atomic E-state index is 14.9.